The SMILES string of the molecule is COc1ccc(/C=C/C(=O)c2ccc3c(c2O)CC[C@](C)(CCC[C@H](C)CCC[C@@H](C)CCCC(C)C)O3)cc1. The molecule has 0 aromatic heterocycles. The lowest BCUT2D eigenvalue weighted by Crippen LogP contribution is -2.36. The van der Waals surface area contributed by atoms with Crippen molar-refractivity contribution in [3.63, 3.8) is 0 Å². The number of hydrogen-bond acceptors (Lipinski definition) is 4. The van der Waals surface area contributed by atoms with E-state index in [4.69, 9.17) is 9.47 Å². The van der Waals surface area contributed by atoms with Crippen LogP contribution in [0.15, 0.2) is 42.5 Å². The van der Waals surface area contributed by atoms with Crippen LogP contribution in [0.2, 0.25) is 0 Å². The number of rotatable bonds is 16. The topological polar surface area (TPSA) is 55.8 Å². The molecule has 4 nitrogen and oxygen atoms in total. The summed E-state index contributed by atoms with van der Waals surface area (Å²) in [5, 5.41) is 10.9. The molecule has 3 atom stereocenters. The molecule has 2 aromatic carbocycles. The minimum absolute atomic E-state index is 0.0518. The van der Waals surface area contributed by atoms with E-state index in [9.17, 15) is 9.90 Å². The average Bonchev–Trinajstić information content (AvgIpc) is 2.92. The molecule has 0 radical (unpaired) electrons. The number of carbonyl (C=O) groups is 1. The van der Waals surface area contributed by atoms with Gasteiger partial charge in [0.2, 0.25) is 0 Å². The van der Waals surface area contributed by atoms with E-state index >= 15 is 0 Å². The van der Waals surface area contributed by atoms with E-state index in [2.05, 4.69) is 34.6 Å². The predicted octanol–water partition coefficient (Wildman–Crippen LogP) is 9.82. The molecule has 220 valence electrons. The van der Waals surface area contributed by atoms with E-state index < -0.39 is 0 Å². The van der Waals surface area contributed by atoms with Crippen LogP contribution in [-0.4, -0.2) is 23.6 Å². The third kappa shape index (κ3) is 9.71. The number of benzene rings is 2. The number of ether oxygens (including phenoxy) is 2. The van der Waals surface area contributed by atoms with Gasteiger partial charge in [-0.25, -0.2) is 0 Å². The molecular weight excluding hydrogens is 496 g/mol. The Balaban J connectivity index is 1.45. The molecule has 0 fully saturated rings. The monoisotopic (exact) mass is 548 g/mol. The molecule has 1 N–H and O–H groups in total. The fourth-order valence-corrected chi connectivity index (χ4v) is 5.81. The first kappa shape index (κ1) is 31.8. The van der Waals surface area contributed by atoms with Crippen molar-refractivity contribution in [1.82, 2.24) is 0 Å². The van der Waals surface area contributed by atoms with Crippen molar-refractivity contribution in [2.45, 2.75) is 111 Å². The molecule has 0 saturated carbocycles. The summed E-state index contributed by atoms with van der Waals surface area (Å²) in [6.07, 6.45) is 16.3. The van der Waals surface area contributed by atoms with Gasteiger partial charge in [0.1, 0.15) is 22.8 Å². The molecule has 0 unspecified atom stereocenters. The molecule has 40 heavy (non-hydrogen) atoms. The Bertz CT molecular complexity index is 1100. The third-order valence-electron chi connectivity index (χ3n) is 8.58. The lowest BCUT2D eigenvalue weighted by molar-refractivity contribution is 0.0516. The molecular formula is C36H52O4. The number of carbonyl (C=O) groups excluding carboxylic acids is 1. The molecule has 0 bridgehead atoms. The zero-order valence-electron chi connectivity index (χ0n) is 25.8. The summed E-state index contributed by atoms with van der Waals surface area (Å²) in [4.78, 5) is 12.9. The summed E-state index contributed by atoms with van der Waals surface area (Å²) < 4.78 is 11.6. The Labute approximate surface area is 243 Å². The summed E-state index contributed by atoms with van der Waals surface area (Å²) in [7, 11) is 1.62. The van der Waals surface area contributed by atoms with Crippen molar-refractivity contribution in [3.8, 4) is 17.2 Å². The summed E-state index contributed by atoms with van der Waals surface area (Å²) in [6, 6.07) is 11.0. The second-order valence-electron chi connectivity index (χ2n) is 12.8. The summed E-state index contributed by atoms with van der Waals surface area (Å²) in [5.74, 6) is 3.72. The van der Waals surface area contributed by atoms with Gasteiger partial charge in [0.25, 0.3) is 0 Å². The van der Waals surface area contributed by atoms with E-state index in [1.54, 1.807) is 19.3 Å². The first-order chi connectivity index (χ1) is 19.1. The lowest BCUT2D eigenvalue weighted by atomic mass is 9.85. The molecule has 0 saturated heterocycles. The number of methoxy groups -OCH3 is 1. The van der Waals surface area contributed by atoms with Crippen molar-refractivity contribution < 1.29 is 19.4 Å². The molecule has 3 rings (SSSR count). The van der Waals surface area contributed by atoms with E-state index in [1.165, 1.54) is 51.0 Å². The van der Waals surface area contributed by atoms with Gasteiger partial charge in [-0.15, -0.1) is 0 Å². The highest BCUT2D eigenvalue weighted by Gasteiger charge is 2.33. The van der Waals surface area contributed by atoms with E-state index in [1.807, 2.05) is 30.3 Å². The van der Waals surface area contributed by atoms with Gasteiger partial charge in [0.05, 0.1) is 12.7 Å². The number of phenolic OH excluding ortho intramolecular Hbond substituents is 1. The molecule has 1 heterocycles. The van der Waals surface area contributed by atoms with Gasteiger partial charge < -0.3 is 14.6 Å². The molecule has 2 aromatic rings. The van der Waals surface area contributed by atoms with Gasteiger partial charge in [-0.05, 0) is 86.3 Å². The van der Waals surface area contributed by atoms with Crippen LogP contribution in [0.1, 0.15) is 120 Å². The molecule has 1 aliphatic heterocycles. The predicted molar refractivity (Wildman–Crippen MR) is 167 cm³/mol. The van der Waals surface area contributed by atoms with Gasteiger partial charge in [-0.1, -0.05) is 90.8 Å². The van der Waals surface area contributed by atoms with Crippen LogP contribution < -0.4 is 9.47 Å². The average molecular weight is 549 g/mol. The number of hydrogen-bond donors (Lipinski definition) is 1. The lowest BCUT2D eigenvalue weighted by Gasteiger charge is -2.36. The number of phenols is 1. The van der Waals surface area contributed by atoms with E-state index in [-0.39, 0.29) is 17.1 Å². The largest absolute Gasteiger partial charge is 0.507 e. The van der Waals surface area contributed by atoms with Crippen molar-refractivity contribution >= 4 is 11.9 Å². The Morgan fingerprint density at radius 1 is 0.950 bits per heavy atom. The molecule has 1 aliphatic rings. The zero-order valence-corrected chi connectivity index (χ0v) is 25.8. The maximum absolute atomic E-state index is 12.9. The van der Waals surface area contributed by atoms with Gasteiger partial charge in [0.15, 0.2) is 5.78 Å². The fourth-order valence-electron chi connectivity index (χ4n) is 5.81. The van der Waals surface area contributed by atoms with Crippen LogP contribution in [0.25, 0.3) is 6.08 Å². The Kier molecular flexibility index (Phi) is 12.2. The summed E-state index contributed by atoms with van der Waals surface area (Å²) in [6.45, 7) is 11.6. The van der Waals surface area contributed by atoms with Crippen molar-refractivity contribution in [2.75, 3.05) is 7.11 Å². The normalized spacial score (nSPS) is 18.4. The quantitative estimate of drug-likeness (QED) is 0.167. The van der Waals surface area contributed by atoms with Gasteiger partial charge in [-0.2, -0.15) is 0 Å². The summed E-state index contributed by atoms with van der Waals surface area (Å²) in [5.41, 5.74) is 1.73. The van der Waals surface area contributed by atoms with E-state index in [0.29, 0.717) is 17.7 Å². The maximum Gasteiger partial charge on any atom is 0.189 e. The highest BCUT2D eigenvalue weighted by atomic mass is 16.5. The highest BCUT2D eigenvalue weighted by Crippen LogP contribution is 2.42. The van der Waals surface area contributed by atoms with Gasteiger partial charge in [0, 0.05) is 5.56 Å². The molecule has 0 spiro atoms. The van der Waals surface area contributed by atoms with E-state index in [0.717, 1.165) is 53.9 Å². The Morgan fingerprint density at radius 2 is 1.57 bits per heavy atom. The Morgan fingerprint density at radius 3 is 2.20 bits per heavy atom. The minimum Gasteiger partial charge on any atom is -0.507 e. The van der Waals surface area contributed by atoms with Gasteiger partial charge >= 0.3 is 0 Å². The van der Waals surface area contributed by atoms with Crippen LogP contribution in [0.4, 0.5) is 0 Å². The second kappa shape index (κ2) is 15.3. The van der Waals surface area contributed by atoms with Crippen molar-refractivity contribution in [3.05, 3.63) is 59.2 Å². The first-order valence-electron chi connectivity index (χ1n) is 15.5. The zero-order chi connectivity index (χ0) is 29.1. The van der Waals surface area contributed by atoms with Crippen LogP contribution in [0, 0.1) is 17.8 Å². The van der Waals surface area contributed by atoms with Crippen molar-refractivity contribution in [2.24, 2.45) is 17.8 Å². The molecule has 4 heteroatoms. The standard InChI is InChI=1S/C36H52O4/c1-26(2)10-7-11-27(3)12-8-13-28(4)14-9-24-36(5)25-23-32-34(40-36)22-20-31(35(32)38)33(37)21-17-29-15-18-30(39-6)19-16-29/h15-22,26-28,38H,7-14,23-25H2,1-6H3/b21-17+/t27-,28+,36-/m0/s1. The van der Waals surface area contributed by atoms with Crippen LogP contribution >= 0.6 is 0 Å². The van der Waals surface area contributed by atoms with Crippen molar-refractivity contribution in [1.29, 1.82) is 0 Å². The highest BCUT2D eigenvalue weighted by molar-refractivity contribution is 6.09. The number of allylic oxidation sites excluding steroid dienone is 1. The number of aromatic hydroxyl groups is 1. The smallest absolute Gasteiger partial charge is 0.189 e. The number of ketones is 1. The fraction of sp³-hybridized carbons (Fsp3) is 0.583. The number of fused-ring (bicyclic) bond motifs is 1. The van der Waals surface area contributed by atoms with Gasteiger partial charge in [-0.3, -0.25) is 4.79 Å². The third-order valence-corrected chi connectivity index (χ3v) is 8.58. The van der Waals surface area contributed by atoms with Crippen LogP contribution in [0.5, 0.6) is 17.2 Å². The second-order valence-corrected chi connectivity index (χ2v) is 12.8. The first-order valence-corrected chi connectivity index (χ1v) is 15.5. The van der Waals surface area contributed by atoms with Crippen LogP contribution in [-0.2, 0) is 6.42 Å². The molecule has 0 amide bonds. The molecule has 0 aliphatic carbocycles. The minimum atomic E-state index is -0.232. The van der Waals surface area contributed by atoms with Crippen LogP contribution in [0.3, 0.4) is 0 Å². The summed E-state index contributed by atoms with van der Waals surface area (Å²) >= 11 is 0. The maximum atomic E-state index is 12.9. The Hall–Kier alpha value is -2.75.